The average molecular weight is 306 g/mol. The van der Waals surface area contributed by atoms with Crippen LogP contribution in [0.2, 0.25) is 0 Å². The van der Waals surface area contributed by atoms with Crippen molar-refractivity contribution in [1.29, 1.82) is 0 Å². The summed E-state index contributed by atoms with van der Waals surface area (Å²) in [5.41, 5.74) is 5.08. The minimum atomic E-state index is -0.636. The summed E-state index contributed by atoms with van der Waals surface area (Å²) >= 11 is 0. The normalized spacial score (nSPS) is 33.9. The van der Waals surface area contributed by atoms with E-state index in [0.717, 1.165) is 13.0 Å². The number of hydrogen-bond donors (Lipinski definition) is 0. The Bertz CT molecular complexity index is 834. The Morgan fingerprint density at radius 1 is 1.09 bits per heavy atom. The smallest absolute Gasteiger partial charge is 0.263 e. The number of likely N-dealkylation sites (tertiary alicyclic amines) is 1. The second kappa shape index (κ2) is 4.20. The van der Waals surface area contributed by atoms with Crippen molar-refractivity contribution >= 4 is 0 Å². The summed E-state index contributed by atoms with van der Waals surface area (Å²) in [5, 5.41) is 11.8. The number of rotatable bonds is 1. The summed E-state index contributed by atoms with van der Waals surface area (Å²) in [6.45, 7) is 0.769. The molecule has 116 valence electrons. The molecule has 1 aliphatic heterocycles. The second-order valence-corrected chi connectivity index (χ2v) is 7.22. The van der Waals surface area contributed by atoms with E-state index in [1.54, 1.807) is 0 Å². The summed E-state index contributed by atoms with van der Waals surface area (Å²) in [7, 11) is 1.90. The van der Waals surface area contributed by atoms with E-state index in [1.807, 2.05) is 18.0 Å². The summed E-state index contributed by atoms with van der Waals surface area (Å²) < 4.78 is 0. The Morgan fingerprint density at radius 2 is 1.74 bits per heavy atom. The lowest BCUT2D eigenvalue weighted by Crippen LogP contribution is -2.39. The monoisotopic (exact) mass is 306 g/mol. The number of likely N-dealkylation sites (N-methyl/N-ethyl adjacent to an activating group) is 1. The first-order chi connectivity index (χ1) is 11.1. The van der Waals surface area contributed by atoms with Crippen LogP contribution in [0.5, 0.6) is 0 Å². The Kier molecular flexibility index (Phi) is 2.42. The molecule has 23 heavy (non-hydrogen) atoms. The molecule has 4 atom stereocenters. The first kappa shape index (κ1) is 13.3. The predicted molar refractivity (Wildman–Crippen MR) is 87.2 cm³/mol. The summed E-state index contributed by atoms with van der Waals surface area (Å²) in [6.07, 6.45) is 0.367. The molecule has 4 heteroatoms. The fourth-order valence-corrected chi connectivity index (χ4v) is 5.59. The van der Waals surface area contributed by atoms with E-state index >= 15 is 0 Å². The third kappa shape index (κ3) is 1.45. The van der Waals surface area contributed by atoms with Gasteiger partial charge in [-0.05, 0) is 35.7 Å². The molecule has 0 radical (unpaired) electrons. The SMILES string of the molecule is CN1CC23CC(c4ccccc4C2C1[N+](=O)[O-])c1ccccc13. The highest BCUT2D eigenvalue weighted by atomic mass is 16.6. The Labute approximate surface area is 134 Å². The Hall–Kier alpha value is -2.20. The van der Waals surface area contributed by atoms with Crippen molar-refractivity contribution in [2.75, 3.05) is 13.6 Å². The first-order valence-corrected chi connectivity index (χ1v) is 8.15. The molecule has 4 nitrogen and oxygen atoms in total. The lowest BCUT2D eigenvalue weighted by Gasteiger charge is -2.36. The number of hydrogen-bond acceptors (Lipinski definition) is 3. The molecule has 2 aromatic rings. The largest absolute Gasteiger partial charge is 0.275 e. The van der Waals surface area contributed by atoms with E-state index in [4.69, 9.17) is 0 Å². The van der Waals surface area contributed by atoms with E-state index in [0.29, 0.717) is 5.92 Å². The van der Waals surface area contributed by atoms with Crippen LogP contribution in [0.1, 0.15) is 40.5 Å². The van der Waals surface area contributed by atoms with Gasteiger partial charge < -0.3 is 0 Å². The molecular formula is C19H18N2O2. The third-order valence-electron chi connectivity index (χ3n) is 6.24. The molecule has 1 spiro atoms. The molecular weight excluding hydrogens is 288 g/mol. The molecule has 1 saturated heterocycles. The van der Waals surface area contributed by atoms with E-state index in [2.05, 4.69) is 42.5 Å². The van der Waals surface area contributed by atoms with Crippen LogP contribution in [0.3, 0.4) is 0 Å². The van der Waals surface area contributed by atoms with Gasteiger partial charge in [0.1, 0.15) is 0 Å². The first-order valence-electron chi connectivity index (χ1n) is 8.15. The maximum atomic E-state index is 11.8. The lowest BCUT2D eigenvalue weighted by atomic mass is 9.64. The Morgan fingerprint density at radius 3 is 2.48 bits per heavy atom. The van der Waals surface area contributed by atoms with Gasteiger partial charge in [0.2, 0.25) is 0 Å². The van der Waals surface area contributed by atoms with Crippen molar-refractivity contribution < 1.29 is 4.92 Å². The van der Waals surface area contributed by atoms with Gasteiger partial charge >= 0.3 is 0 Å². The minimum absolute atomic E-state index is 0.0569. The molecule has 0 aromatic heterocycles. The van der Waals surface area contributed by atoms with Crippen molar-refractivity contribution in [3.8, 4) is 0 Å². The maximum Gasteiger partial charge on any atom is 0.275 e. The van der Waals surface area contributed by atoms with Crippen molar-refractivity contribution in [1.82, 2.24) is 4.90 Å². The second-order valence-electron chi connectivity index (χ2n) is 7.22. The summed E-state index contributed by atoms with van der Waals surface area (Å²) in [4.78, 5) is 13.7. The fraction of sp³-hybridized carbons (Fsp3) is 0.368. The minimum Gasteiger partial charge on any atom is -0.263 e. The molecule has 2 bridgehead atoms. The molecule has 1 heterocycles. The van der Waals surface area contributed by atoms with E-state index in [-0.39, 0.29) is 16.3 Å². The van der Waals surface area contributed by atoms with Gasteiger partial charge in [-0.1, -0.05) is 48.5 Å². The van der Waals surface area contributed by atoms with Crippen molar-refractivity contribution in [3.63, 3.8) is 0 Å². The number of nitro groups is 1. The quantitative estimate of drug-likeness (QED) is 0.601. The number of fused-ring (bicyclic) bond motifs is 3. The van der Waals surface area contributed by atoms with Crippen LogP contribution >= 0.6 is 0 Å². The molecule has 1 fully saturated rings. The van der Waals surface area contributed by atoms with Crippen LogP contribution in [0.4, 0.5) is 0 Å². The van der Waals surface area contributed by atoms with Crippen LogP contribution in [-0.2, 0) is 5.41 Å². The zero-order valence-corrected chi connectivity index (χ0v) is 13.0. The highest BCUT2D eigenvalue weighted by Crippen LogP contribution is 2.64. The zero-order chi connectivity index (χ0) is 15.8. The van der Waals surface area contributed by atoms with Gasteiger partial charge in [-0.25, -0.2) is 4.90 Å². The van der Waals surface area contributed by atoms with Gasteiger partial charge in [0.25, 0.3) is 6.17 Å². The molecule has 4 unspecified atom stereocenters. The average Bonchev–Trinajstić information content (AvgIpc) is 3.02. The standard InChI is InChI=1S/C19H18N2O2/c1-20-11-19-10-15(13-7-4-5-9-16(13)19)12-6-2-3-8-14(12)17(19)18(20)21(22)23/h2-9,15,17-18H,10-11H2,1H3. The molecule has 0 saturated carbocycles. The van der Waals surface area contributed by atoms with Crippen LogP contribution in [0, 0.1) is 10.1 Å². The van der Waals surface area contributed by atoms with E-state index in [9.17, 15) is 10.1 Å². The predicted octanol–water partition coefficient (Wildman–Crippen LogP) is 3.11. The Balaban J connectivity index is 1.85. The molecule has 5 rings (SSSR count). The van der Waals surface area contributed by atoms with E-state index in [1.165, 1.54) is 22.3 Å². The fourth-order valence-electron chi connectivity index (χ4n) is 5.59. The molecule has 2 aliphatic carbocycles. The van der Waals surface area contributed by atoms with E-state index < -0.39 is 6.17 Å². The molecule has 0 amide bonds. The summed E-state index contributed by atoms with van der Waals surface area (Å²) in [5.74, 6) is 0.330. The number of benzene rings is 2. The van der Waals surface area contributed by atoms with Crippen LogP contribution in [0.15, 0.2) is 48.5 Å². The highest BCUT2D eigenvalue weighted by Gasteiger charge is 2.64. The van der Waals surface area contributed by atoms with Crippen molar-refractivity contribution in [2.24, 2.45) is 0 Å². The van der Waals surface area contributed by atoms with Crippen LogP contribution in [-0.4, -0.2) is 29.6 Å². The molecule has 2 aromatic carbocycles. The van der Waals surface area contributed by atoms with Crippen LogP contribution < -0.4 is 0 Å². The van der Waals surface area contributed by atoms with Crippen molar-refractivity contribution in [3.05, 3.63) is 80.9 Å². The maximum absolute atomic E-state index is 11.8. The van der Waals surface area contributed by atoms with Crippen LogP contribution in [0.25, 0.3) is 0 Å². The third-order valence-corrected chi connectivity index (χ3v) is 6.24. The molecule has 3 aliphatic rings. The number of nitrogens with zero attached hydrogens (tertiary/aromatic N) is 2. The molecule has 0 N–H and O–H groups in total. The van der Waals surface area contributed by atoms with Crippen molar-refractivity contribution in [2.45, 2.75) is 29.8 Å². The van der Waals surface area contributed by atoms with Gasteiger partial charge in [-0.15, -0.1) is 0 Å². The van der Waals surface area contributed by atoms with Gasteiger partial charge in [0, 0.05) is 22.8 Å². The topological polar surface area (TPSA) is 46.4 Å². The summed E-state index contributed by atoms with van der Waals surface area (Å²) in [6, 6.07) is 17.0. The van der Waals surface area contributed by atoms with Gasteiger partial charge in [0.05, 0.1) is 5.92 Å². The lowest BCUT2D eigenvalue weighted by molar-refractivity contribution is -0.548. The van der Waals surface area contributed by atoms with Gasteiger partial charge in [-0.2, -0.15) is 0 Å². The zero-order valence-electron chi connectivity index (χ0n) is 13.0. The highest BCUT2D eigenvalue weighted by molar-refractivity contribution is 5.58. The van der Waals surface area contributed by atoms with Gasteiger partial charge in [0.15, 0.2) is 0 Å². The van der Waals surface area contributed by atoms with Gasteiger partial charge in [-0.3, -0.25) is 10.1 Å².